The molecule has 1 heterocycles. The summed E-state index contributed by atoms with van der Waals surface area (Å²) < 4.78 is 10.5. The number of hydrogen-bond acceptors (Lipinski definition) is 7. The molecule has 0 bridgehead atoms. The molecule has 8 heteroatoms. The zero-order valence-corrected chi connectivity index (χ0v) is 16.8. The van der Waals surface area contributed by atoms with Gasteiger partial charge in [0.25, 0.3) is 0 Å². The van der Waals surface area contributed by atoms with Gasteiger partial charge in [-0.25, -0.2) is 9.97 Å². The number of amides is 1. The number of nitrogens with one attached hydrogen (secondary N) is 2. The van der Waals surface area contributed by atoms with Crippen molar-refractivity contribution in [2.24, 2.45) is 0 Å². The van der Waals surface area contributed by atoms with Gasteiger partial charge in [-0.15, -0.1) is 0 Å². The van der Waals surface area contributed by atoms with E-state index in [0.717, 1.165) is 23.3 Å². The number of fused-ring (bicyclic) bond motifs is 1. The number of ether oxygens (including phenoxy) is 2. The highest BCUT2D eigenvalue weighted by Crippen LogP contribution is 2.29. The summed E-state index contributed by atoms with van der Waals surface area (Å²) in [5.74, 6) is 1.96. The molecular formula is C20H22N4O3S. The first-order valence-corrected chi connectivity index (χ1v) is 9.78. The maximum absolute atomic E-state index is 12.4. The van der Waals surface area contributed by atoms with Crippen molar-refractivity contribution in [1.82, 2.24) is 9.97 Å². The van der Waals surface area contributed by atoms with Crippen LogP contribution in [0.4, 0.5) is 11.5 Å². The summed E-state index contributed by atoms with van der Waals surface area (Å²) in [6, 6.07) is 13.0. The molecule has 0 aliphatic carbocycles. The van der Waals surface area contributed by atoms with Gasteiger partial charge in [0.05, 0.1) is 31.2 Å². The third kappa shape index (κ3) is 4.64. The molecule has 7 nitrogen and oxygen atoms in total. The van der Waals surface area contributed by atoms with Crippen LogP contribution in [-0.4, -0.2) is 42.4 Å². The number of thioether (sulfide) groups is 1. The lowest BCUT2D eigenvalue weighted by Crippen LogP contribution is -2.15. The van der Waals surface area contributed by atoms with Gasteiger partial charge >= 0.3 is 0 Å². The number of para-hydroxylation sites is 1. The van der Waals surface area contributed by atoms with Gasteiger partial charge in [-0.05, 0) is 31.2 Å². The van der Waals surface area contributed by atoms with Crippen LogP contribution < -0.4 is 20.1 Å². The minimum atomic E-state index is -0.182. The molecule has 0 spiro atoms. The van der Waals surface area contributed by atoms with Gasteiger partial charge in [0.2, 0.25) is 5.91 Å². The van der Waals surface area contributed by atoms with E-state index in [2.05, 4.69) is 20.6 Å². The SMILES string of the molecule is CCNc1nc(SCC(=O)Nc2cc(OC)ccc2OC)nc2ccccc12. The van der Waals surface area contributed by atoms with Crippen molar-refractivity contribution in [1.29, 1.82) is 0 Å². The number of methoxy groups -OCH3 is 2. The molecule has 1 amide bonds. The van der Waals surface area contributed by atoms with E-state index < -0.39 is 0 Å². The first-order valence-electron chi connectivity index (χ1n) is 8.80. The molecule has 28 heavy (non-hydrogen) atoms. The Morgan fingerprint density at radius 3 is 2.68 bits per heavy atom. The molecule has 2 aromatic carbocycles. The second kappa shape index (κ2) is 9.27. The van der Waals surface area contributed by atoms with Gasteiger partial charge in [-0.2, -0.15) is 0 Å². The number of anilines is 2. The second-order valence-electron chi connectivity index (χ2n) is 5.81. The standard InChI is InChI=1S/C20H22N4O3S/c1-4-21-19-14-7-5-6-8-15(14)23-20(24-19)28-12-18(25)22-16-11-13(26-2)9-10-17(16)27-3/h5-11H,4,12H2,1-3H3,(H,22,25)(H,21,23,24). The van der Waals surface area contributed by atoms with Gasteiger partial charge in [0.15, 0.2) is 5.16 Å². The molecule has 3 rings (SSSR count). The van der Waals surface area contributed by atoms with Gasteiger partial charge in [-0.3, -0.25) is 4.79 Å². The number of hydrogen-bond donors (Lipinski definition) is 2. The van der Waals surface area contributed by atoms with Crippen LogP contribution in [0, 0.1) is 0 Å². The third-order valence-electron chi connectivity index (χ3n) is 3.94. The molecule has 0 fully saturated rings. The molecule has 0 saturated heterocycles. The number of nitrogens with zero attached hydrogens (tertiary/aromatic N) is 2. The molecule has 1 aromatic heterocycles. The summed E-state index contributed by atoms with van der Waals surface area (Å²) in [6.45, 7) is 2.76. The zero-order chi connectivity index (χ0) is 19.9. The first-order chi connectivity index (χ1) is 13.6. The highest BCUT2D eigenvalue weighted by Gasteiger charge is 2.12. The van der Waals surface area contributed by atoms with Gasteiger partial charge in [0, 0.05) is 18.0 Å². The summed E-state index contributed by atoms with van der Waals surface area (Å²) in [5, 5.41) is 7.60. The maximum atomic E-state index is 12.4. The van der Waals surface area contributed by atoms with Gasteiger partial charge < -0.3 is 20.1 Å². The van der Waals surface area contributed by atoms with Gasteiger partial charge in [0.1, 0.15) is 17.3 Å². The predicted molar refractivity (Wildman–Crippen MR) is 113 cm³/mol. The fourth-order valence-corrected chi connectivity index (χ4v) is 3.30. The Labute approximate surface area is 167 Å². The summed E-state index contributed by atoms with van der Waals surface area (Å²) in [5.41, 5.74) is 1.39. The van der Waals surface area contributed by atoms with Crippen LogP contribution in [0.1, 0.15) is 6.92 Å². The Balaban J connectivity index is 1.73. The number of carbonyl (C=O) groups excluding carboxylic acids is 1. The Bertz CT molecular complexity index is 981. The van der Waals surface area contributed by atoms with Gasteiger partial charge in [-0.1, -0.05) is 23.9 Å². The topological polar surface area (TPSA) is 85.4 Å². The number of benzene rings is 2. The molecule has 0 aliphatic heterocycles. The van der Waals surface area contributed by atoms with Crippen molar-refractivity contribution in [3.8, 4) is 11.5 Å². The first kappa shape index (κ1) is 19.8. The molecule has 146 valence electrons. The zero-order valence-electron chi connectivity index (χ0n) is 16.0. The Morgan fingerprint density at radius 1 is 1.11 bits per heavy atom. The van der Waals surface area contributed by atoms with E-state index in [1.165, 1.54) is 11.8 Å². The van der Waals surface area contributed by atoms with Crippen LogP contribution in [0.25, 0.3) is 10.9 Å². The van der Waals surface area contributed by atoms with Crippen molar-refractivity contribution >= 4 is 40.1 Å². The van der Waals surface area contributed by atoms with E-state index >= 15 is 0 Å². The fraction of sp³-hybridized carbons (Fsp3) is 0.250. The van der Waals surface area contributed by atoms with E-state index in [1.807, 2.05) is 31.2 Å². The van der Waals surface area contributed by atoms with Crippen molar-refractivity contribution in [3.63, 3.8) is 0 Å². The average Bonchev–Trinajstić information content (AvgIpc) is 2.72. The molecule has 3 aromatic rings. The van der Waals surface area contributed by atoms with Crippen molar-refractivity contribution in [2.75, 3.05) is 37.2 Å². The average molecular weight is 398 g/mol. The highest BCUT2D eigenvalue weighted by atomic mass is 32.2. The van der Waals surface area contributed by atoms with Crippen LogP contribution in [0.2, 0.25) is 0 Å². The van der Waals surface area contributed by atoms with E-state index in [0.29, 0.717) is 22.3 Å². The molecular weight excluding hydrogens is 376 g/mol. The van der Waals surface area contributed by atoms with Crippen molar-refractivity contribution < 1.29 is 14.3 Å². The molecule has 0 unspecified atom stereocenters. The van der Waals surface area contributed by atoms with Crippen molar-refractivity contribution in [3.05, 3.63) is 42.5 Å². The van der Waals surface area contributed by atoms with E-state index in [1.54, 1.807) is 32.4 Å². The highest BCUT2D eigenvalue weighted by molar-refractivity contribution is 7.99. The Morgan fingerprint density at radius 2 is 1.93 bits per heavy atom. The summed E-state index contributed by atoms with van der Waals surface area (Å²) in [4.78, 5) is 21.5. The lowest BCUT2D eigenvalue weighted by atomic mass is 10.2. The smallest absolute Gasteiger partial charge is 0.234 e. The minimum Gasteiger partial charge on any atom is -0.497 e. The normalized spacial score (nSPS) is 10.5. The summed E-state index contributed by atoms with van der Waals surface area (Å²) in [7, 11) is 3.12. The van der Waals surface area contributed by atoms with Crippen LogP contribution in [-0.2, 0) is 4.79 Å². The monoisotopic (exact) mass is 398 g/mol. The summed E-state index contributed by atoms with van der Waals surface area (Å²) >= 11 is 1.28. The van der Waals surface area contributed by atoms with E-state index in [4.69, 9.17) is 9.47 Å². The molecule has 2 N–H and O–H groups in total. The summed E-state index contributed by atoms with van der Waals surface area (Å²) in [6.07, 6.45) is 0. The van der Waals surface area contributed by atoms with Crippen LogP contribution in [0.3, 0.4) is 0 Å². The lowest BCUT2D eigenvalue weighted by Gasteiger charge is -2.12. The van der Waals surface area contributed by atoms with Crippen LogP contribution in [0.15, 0.2) is 47.6 Å². The quantitative estimate of drug-likeness (QED) is 0.441. The fourth-order valence-electron chi connectivity index (χ4n) is 2.65. The molecule has 0 radical (unpaired) electrons. The lowest BCUT2D eigenvalue weighted by molar-refractivity contribution is -0.113. The van der Waals surface area contributed by atoms with Crippen LogP contribution in [0.5, 0.6) is 11.5 Å². The number of rotatable bonds is 8. The number of carbonyl (C=O) groups is 1. The largest absolute Gasteiger partial charge is 0.497 e. The molecule has 0 aliphatic rings. The van der Waals surface area contributed by atoms with Crippen molar-refractivity contribution in [2.45, 2.75) is 12.1 Å². The molecule has 0 saturated carbocycles. The third-order valence-corrected chi connectivity index (χ3v) is 4.79. The Hall–Kier alpha value is -3.00. The second-order valence-corrected chi connectivity index (χ2v) is 6.75. The van der Waals surface area contributed by atoms with Crippen LogP contribution >= 0.6 is 11.8 Å². The predicted octanol–water partition coefficient (Wildman–Crippen LogP) is 3.81. The van der Waals surface area contributed by atoms with E-state index in [-0.39, 0.29) is 11.7 Å². The Kier molecular flexibility index (Phi) is 6.54. The minimum absolute atomic E-state index is 0.171. The number of aromatic nitrogens is 2. The van der Waals surface area contributed by atoms with E-state index in [9.17, 15) is 4.79 Å². The maximum Gasteiger partial charge on any atom is 0.234 e. The molecule has 0 atom stereocenters.